The topological polar surface area (TPSA) is 112 Å². The van der Waals surface area contributed by atoms with E-state index in [9.17, 15) is 19.6 Å². The second kappa shape index (κ2) is 11.4. The molecule has 0 aliphatic carbocycles. The SMILES string of the molecule is CC(C)C[C@H](CC(=O)C[C@@H](Cc1ccccc1)C(=O)Nc1cnccn1)B(O)O. The van der Waals surface area contributed by atoms with Gasteiger partial charge in [0.05, 0.1) is 6.20 Å². The Balaban J connectivity index is 2.09. The second-order valence-corrected chi connectivity index (χ2v) is 7.72. The molecule has 0 unspecified atom stereocenters. The molecule has 0 saturated heterocycles. The van der Waals surface area contributed by atoms with E-state index >= 15 is 0 Å². The maximum atomic E-state index is 12.8. The van der Waals surface area contributed by atoms with Crippen LogP contribution in [0.15, 0.2) is 48.9 Å². The number of amides is 1. The minimum absolute atomic E-state index is 0.0162. The van der Waals surface area contributed by atoms with Gasteiger partial charge < -0.3 is 15.4 Å². The first-order valence-corrected chi connectivity index (χ1v) is 9.83. The van der Waals surface area contributed by atoms with Crippen molar-refractivity contribution in [1.29, 1.82) is 0 Å². The Bertz CT molecular complexity index is 772. The summed E-state index contributed by atoms with van der Waals surface area (Å²) in [7, 11) is -1.55. The lowest BCUT2D eigenvalue weighted by molar-refractivity contribution is -0.126. The van der Waals surface area contributed by atoms with Crippen molar-refractivity contribution in [2.45, 2.75) is 45.3 Å². The first-order valence-electron chi connectivity index (χ1n) is 9.83. The Morgan fingerprint density at radius 2 is 1.83 bits per heavy atom. The van der Waals surface area contributed by atoms with Gasteiger partial charge in [-0.3, -0.25) is 14.6 Å². The summed E-state index contributed by atoms with van der Waals surface area (Å²) >= 11 is 0. The van der Waals surface area contributed by atoms with Crippen LogP contribution in [0.2, 0.25) is 5.82 Å². The van der Waals surface area contributed by atoms with Crippen molar-refractivity contribution >= 4 is 24.6 Å². The van der Waals surface area contributed by atoms with Gasteiger partial charge in [0, 0.05) is 37.0 Å². The molecule has 154 valence electrons. The number of Topliss-reactive ketones (excluding diaryl/α,β-unsaturated/α-hetero) is 1. The van der Waals surface area contributed by atoms with Crippen molar-refractivity contribution in [3.05, 3.63) is 54.5 Å². The lowest BCUT2D eigenvalue weighted by Gasteiger charge is -2.20. The number of hydrogen-bond donors (Lipinski definition) is 3. The van der Waals surface area contributed by atoms with Crippen molar-refractivity contribution in [3.8, 4) is 0 Å². The molecule has 1 amide bonds. The molecule has 1 aromatic heterocycles. The molecule has 1 aromatic carbocycles. The zero-order valence-electron chi connectivity index (χ0n) is 16.9. The summed E-state index contributed by atoms with van der Waals surface area (Å²) in [4.78, 5) is 33.5. The molecular weight excluding hydrogens is 369 g/mol. The predicted molar refractivity (Wildman–Crippen MR) is 112 cm³/mol. The molecule has 2 rings (SSSR count). The van der Waals surface area contributed by atoms with Crippen LogP contribution < -0.4 is 5.32 Å². The molecule has 0 aliphatic rings. The fourth-order valence-corrected chi connectivity index (χ4v) is 3.31. The van der Waals surface area contributed by atoms with Crippen LogP contribution in [0.25, 0.3) is 0 Å². The smallest absolute Gasteiger partial charge is 0.427 e. The molecule has 0 aliphatic heterocycles. The van der Waals surface area contributed by atoms with Crippen molar-refractivity contribution in [2.75, 3.05) is 5.32 Å². The summed E-state index contributed by atoms with van der Waals surface area (Å²) < 4.78 is 0. The zero-order chi connectivity index (χ0) is 21.2. The average Bonchev–Trinajstić information content (AvgIpc) is 2.68. The summed E-state index contributed by atoms with van der Waals surface area (Å²) in [5.74, 6) is -1.06. The van der Waals surface area contributed by atoms with Crippen LogP contribution in [0, 0.1) is 11.8 Å². The number of ketones is 1. The van der Waals surface area contributed by atoms with Gasteiger partial charge in [-0.2, -0.15) is 0 Å². The van der Waals surface area contributed by atoms with Gasteiger partial charge in [-0.1, -0.05) is 44.2 Å². The van der Waals surface area contributed by atoms with E-state index in [0.29, 0.717) is 18.7 Å². The summed E-state index contributed by atoms with van der Waals surface area (Å²) in [5.41, 5.74) is 0.945. The van der Waals surface area contributed by atoms with Gasteiger partial charge in [0.15, 0.2) is 5.82 Å². The van der Waals surface area contributed by atoms with E-state index in [0.717, 1.165) is 5.56 Å². The quantitative estimate of drug-likeness (QED) is 0.503. The number of carbonyl (C=O) groups is 2. The number of hydrogen-bond acceptors (Lipinski definition) is 6. The van der Waals surface area contributed by atoms with Crippen LogP contribution in [0.1, 0.15) is 38.7 Å². The van der Waals surface area contributed by atoms with Gasteiger partial charge in [0.2, 0.25) is 5.91 Å². The van der Waals surface area contributed by atoms with Gasteiger partial charge >= 0.3 is 7.12 Å². The fourth-order valence-electron chi connectivity index (χ4n) is 3.31. The minimum atomic E-state index is -1.55. The highest BCUT2D eigenvalue weighted by molar-refractivity contribution is 6.43. The molecule has 3 N–H and O–H groups in total. The highest BCUT2D eigenvalue weighted by Gasteiger charge is 2.29. The van der Waals surface area contributed by atoms with Crippen LogP contribution in [0.5, 0.6) is 0 Å². The number of aromatic nitrogens is 2. The number of nitrogens with one attached hydrogen (secondary N) is 1. The van der Waals surface area contributed by atoms with E-state index in [1.807, 2.05) is 44.2 Å². The third-order valence-electron chi connectivity index (χ3n) is 4.67. The minimum Gasteiger partial charge on any atom is -0.427 e. The van der Waals surface area contributed by atoms with Crippen LogP contribution >= 0.6 is 0 Å². The van der Waals surface area contributed by atoms with Gasteiger partial charge in [-0.05, 0) is 24.3 Å². The Morgan fingerprint density at radius 3 is 2.41 bits per heavy atom. The molecule has 1 heterocycles. The third-order valence-corrected chi connectivity index (χ3v) is 4.67. The van der Waals surface area contributed by atoms with Crippen molar-refractivity contribution < 1.29 is 19.6 Å². The third kappa shape index (κ3) is 8.13. The standard InChI is InChI=1S/C21H28BN3O4/c1-15(2)10-18(22(28)29)13-19(26)12-17(11-16-6-4-3-5-7-16)21(27)25-20-14-23-8-9-24-20/h3-9,14-15,17-18,28-29H,10-13H2,1-2H3,(H,24,25,27)/t17-,18-/m1/s1. The molecule has 2 atom stereocenters. The number of rotatable bonds is 11. The van der Waals surface area contributed by atoms with E-state index in [4.69, 9.17) is 0 Å². The summed E-state index contributed by atoms with van der Waals surface area (Å²) in [6, 6.07) is 9.48. The lowest BCUT2D eigenvalue weighted by atomic mass is 9.66. The number of carbonyl (C=O) groups excluding carboxylic acids is 2. The monoisotopic (exact) mass is 397 g/mol. The molecule has 0 bridgehead atoms. The van der Waals surface area contributed by atoms with Gasteiger partial charge in [0.1, 0.15) is 5.78 Å². The Kier molecular flexibility index (Phi) is 8.95. The Morgan fingerprint density at radius 1 is 1.10 bits per heavy atom. The van der Waals surface area contributed by atoms with E-state index in [1.165, 1.54) is 18.6 Å². The summed E-state index contributed by atoms with van der Waals surface area (Å²) in [5, 5.41) is 21.9. The largest absolute Gasteiger partial charge is 0.455 e. The lowest BCUT2D eigenvalue weighted by Crippen LogP contribution is -2.29. The summed E-state index contributed by atoms with van der Waals surface area (Å²) in [6.07, 6.45) is 5.40. The number of anilines is 1. The molecule has 8 heteroatoms. The van der Waals surface area contributed by atoms with Crippen molar-refractivity contribution in [2.24, 2.45) is 11.8 Å². The van der Waals surface area contributed by atoms with Crippen LogP contribution in [-0.2, 0) is 16.0 Å². The van der Waals surface area contributed by atoms with E-state index in [1.54, 1.807) is 0 Å². The molecule has 0 spiro atoms. The molecule has 29 heavy (non-hydrogen) atoms. The van der Waals surface area contributed by atoms with Gasteiger partial charge in [0.25, 0.3) is 0 Å². The van der Waals surface area contributed by atoms with E-state index in [2.05, 4.69) is 15.3 Å². The van der Waals surface area contributed by atoms with Gasteiger partial charge in [-0.15, -0.1) is 0 Å². The van der Waals surface area contributed by atoms with Crippen LogP contribution in [0.3, 0.4) is 0 Å². The predicted octanol–water partition coefficient (Wildman–Crippen LogP) is 2.51. The molecular formula is C21H28BN3O4. The maximum Gasteiger partial charge on any atom is 0.455 e. The van der Waals surface area contributed by atoms with Gasteiger partial charge in [-0.25, -0.2) is 4.98 Å². The average molecular weight is 397 g/mol. The first-order chi connectivity index (χ1) is 13.8. The maximum absolute atomic E-state index is 12.8. The van der Waals surface area contributed by atoms with E-state index in [-0.39, 0.29) is 30.4 Å². The zero-order valence-corrected chi connectivity index (χ0v) is 16.9. The van der Waals surface area contributed by atoms with Crippen LogP contribution in [0.4, 0.5) is 5.82 Å². The number of nitrogens with zero attached hydrogens (tertiary/aromatic N) is 2. The first kappa shape index (κ1) is 22.7. The molecule has 2 aromatic rings. The summed E-state index contributed by atoms with van der Waals surface area (Å²) in [6.45, 7) is 3.93. The van der Waals surface area contributed by atoms with Crippen molar-refractivity contribution in [3.63, 3.8) is 0 Å². The molecule has 0 radical (unpaired) electrons. The normalized spacial score (nSPS) is 13.0. The second-order valence-electron chi connectivity index (χ2n) is 7.72. The number of benzene rings is 1. The van der Waals surface area contributed by atoms with E-state index < -0.39 is 18.9 Å². The van der Waals surface area contributed by atoms with Crippen molar-refractivity contribution in [1.82, 2.24) is 9.97 Å². The molecule has 0 saturated carbocycles. The molecule has 7 nitrogen and oxygen atoms in total. The molecule has 0 fully saturated rings. The van der Waals surface area contributed by atoms with Crippen LogP contribution in [-0.4, -0.2) is 38.8 Å². The Labute approximate surface area is 171 Å². The Hall–Kier alpha value is -2.58. The highest BCUT2D eigenvalue weighted by Crippen LogP contribution is 2.25. The fraction of sp³-hybridized carbons (Fsp3) is 0.429. The highest BCUT2D eigenvalue weighted by atomic mass is 16.4.